The molecule has 1 aromatic carbocycles. The smallest absolute Gasteiger partial charge is 0.317 e. The highest BCUT2D eigenvalue weighted by Crippen LogP contribution is 2.16. The number of likely N-dealkylation sites (tertiary alicyclic amines) is 1. The van der Waals surface area contributed by atoms with Crippen LogP contribution in [0.4, 0.5) is 13.6 Å². The first-order chi connectivity index (χ1) is 8.58. The average molecular weight is 254 g/mol. The first-order valence-corrected chi connectivity index (χ1v) is 6.06. The molecular formula is C13H16F2N2O. The number of benzene rings is 1. The van der Waals surface area contributed by atoms with Gasteiger partial charge in [0.05, 0.1) is 0 Å². The number of urea groups is 1. The van der Waals surface area contributed by atoms with Crippen LogP contribution in [0.5, 0.6) is 0 Å². The van der Waals surface area contributed by atoms with E-state index >= 15 is 0 Å². The maximum absolute atomic E-state index is 13.0. The quantitative estimate of drug-likeness (QED) is 0.864. The van der Waals surface area contributed by atoms with Gasteiger partial charge in [0.25, 0.3) is 0 Å². The van der Waals surface area contributed by atoms with Gasteiger partial charge in [0.2, 0.25) is 0 Å². The van der Waals surface area contributed by atoms with E-state index in [1.54, 1.807) is 4.90 Å². The lowest BCUT2D eigenvalue weighted by Gasteiger charge is -2.21. The zero-order valence-electron chi connectivity index (χ0n) is 10.2. The minimum atomic E-state index is -0.892. The Kier molecular flexibility index (Phi) is 3.79. The number of halogens is 2. The summed E-state index contributed by atoms with van der Waals surface area (Å²) in [5, 5.41) is 2.72. The molecule has 2 rings (SSSR count). The fourth-order valence-electron chi connectivity index (χ4n) is 2.16. The molecule has 0 aromatic heterocycles. The van der Waals surface area contributed by atoms with Gasteiger partial charge in [-0.3, -0.25) is 0 Å². The lowest BCUT2D eigenvalue weighted by molar-refractivity contribution is 0.195. The normalized spacial score (nSPS) is 19.1. The van der Waals surface area contributed by atoms with Crippen molar-refractivity contribution in [1.29, 1.82) is 0 Å². The van der Waals surface area contributed by atoms with E-state index < -0.39 is 11.6 Å². The van der Waals surface area contributed by atoms with E-state index in [9.17, 15) is 13.6 Å². The van der Waals surface area contributed by atoms with E-state index in [1.807, 2.05) is 6.92 Å². The Morgan fingerprint density at radius 1 is 1.44 bits per heavy atom. The molecule has 1 fully saturated rings. The monoisotopic (exact) mass is 254 g/mol. The number of carbonyl (C=O) groups excluding carboxylic acids is 1. The van der Waals surface area contributed by atoms with Crippen molar-refractivity contribution in [2.45, 2.75) is 32.4 Å². The van der Waals surface area contributed by atoms with Crippen LogP contribution in [0.25, 0.3) is 0 Å². The van der Waals surface area contributed by atoms with Crippen LogP contribution in [-0.2, 0) is 6.54 Å². The van der Waals surface area contributed by atoms with E-state index in [1.165, 1.54) is 6.07 Å². The minimum Gasteiger partial charge on any atom is -0.334 e. The van der Waals surface area contributed by atoms with Crippen molar-refractivity contribution in [2.24, 2.45) is 0 Å². The van der Waals surface area contributed by atoms with E-state index in [-0.39, 0.29) is 18.6 Å². The molecule has 1 aromatic rings. The zero-order valence-corrected chi connectivity index (χ0v) is 10.2. The lowest BCUT2D eigenvalue weighted by atomic mass is 10.2. The molecule has 3 nitrogen and oxygen atoms in total. The SMILES string of the molecule is C[C@H]1CCCN1C(=O)NCc1ccc(F)c(F)c1. The number of hydrogen-bond donors (Lipinski definition) is 1. The van der Waals surface area contributed by atoms with Crippen molar-refractivity contribution >= 4 is 6.03 Å². The van der Waals surface area contributed by atoms with E-state index in [2.05, 4.69) is 5.32 Å². The van der Waals surface area contributed by atoms with Gasteiger partial charge in [-0.25, -0.2) is 13.6 Å². The van der Waals surface area contributed by atoms with Gasteiger partial charge in [0.15, 0.2) is 11.6 Å². The van der Waals surface area contributed by atoms with Crippen LogP contribution in [0, 0.1) is 11.6 Å². The standard InChI is InChI=1S/C13H16F2N2O/c1-9-3-2-6-17(9)13(18)16-8-10-4-5-11(14)12(15)7-10/h4-5,7,9H,2-3,6,8H2,1H3,(H,16,18)/t9-/m0/s1. The Balaban J connectivity index is 1.91. The van der Waals surface area contributed by atoms with E-state index in [0.29, 0.717) is 5.56 Å². The molecule has 0 bridgehead atoms. The van der Waals surface area contributed by atoms with Crippen LogP contribution < -0.4 is 5.32 Å². The maximum Gasteiger partial charge on any atom is 0.317 e. The molecule has 98 valence electrons. The second kappa shape index (κ2) is 5.33. The summed E-state index contributed by atoms with van der Waals surface area (Å²) in [6.07, 6.45) is 2.03. The van der Waals surface area contributed by atoms with Crippen molar-refractivity contribution in [2.75, 3.05) is 6.54 Å². The van der Waals surface area contributed by atoms with Crippen molar-refractivity contribution < 1.29 is 13.6 Å². The van der Waals surface area contributed by atoms with Gasteiger partial charge < -0.3 is 10.2 Å². The van der Waals surface area contributed by atoms with Crippen LogP contribution in [0.1, 0.15) is 25.3 Å². The minimum absolute atomic E-state index is 0.148. The molecule has 1 atom stereocenters. The van der Waals surface area contributed by atoms with Crippen LogP contribution in [0.15, 0.2) is 18.2 Å². The topological polar surface area (TPSA) is 32.3 Å². The predicted octanol–water partition coefficient (Wildman–Crippen LogP) is 2.66. The van der Waals surface area contributed by atoms with Gasteiger partial charge >= 0.3 is 6.03 Å². The highest BCUT2D eigenvalue weighted by atomic mass is 19.2. The molecule has 5 heteroatoms. The van der Waals surface area contributed by atoms with Crippen LogP contribution in [0.2, 0.25) is 0 Å². The summed E-state index contributed by atoms with van der Waals surface area (Å²) >= 11 is 0. The Bertz CT molecular complexity index is 451. The van der Waals surface area contributed by atoms with Crippen LogP contribution in [0.3, 0.4) is 0 Å². The summed E-state index contributed by atoms with van der Waals surface area (Å²) in [6.45, 7) is 2.97. The van der Waals surface area contributed by atoms with Gasteiger partial charge in [-0.1, -0.05) is 6.07 Å². The molecular weight excluding hydrogens is 238 g/mol. The number of nitrogens with zero attached hydrogens (tertiary/aromatic N) is 1. The van der Waals surface area contributed by atoms with Crippen molar-refractivity contribution in [3.05, 3.63) is 35.4 Å². The molecule has 0 radical (unpaired) electrons. The van der Waals surface area contributed by atoms with Crippen molar-refractivity contribution in [3.8, 4) is 0 Å². The van der Waals surface area contributed by atoms with Crippen molar-refractivity contribution in [3.63, 3.8) is 0 Å². The summed E-state index contributed by atoms with van der Waals surface area (Å²) in [7, 11) is 0. The number of amides is 2. The number of hydrogen-bond acceptors (Lipinski definition) is 1. The predicted molar refractivity (Wildman–Crippen MR) is 64.0 cm³/mol. The molecule has 2 amide bonds. The summed E-state index contributed by atoms with van der Waals surface area (Å²) < 4.78 is 25.7. The molecule has 0 aliphatic carbocycles. The molecule has 0 spiro atoms. The first-order valence-electron chi connectivity index (χ1n) is 6.06. The Morgan fingerprint density at radius 2 is 2.22 bits per heavy atom. The molecule has 1 N–H and O–H groups in total. The molecule has 1 aliphatic rings. The van der Waals surface area contributed by atoms with Gasteiger partial charge in [0, 0.05) is 19.1 Å². The van der Waals surface area contributed by atoms with Crippen LogP contribution >= 0.6 is 0 Å². The summed E-state index contributed by atoms with van der Waals surface area (Å²) in [6, 6.07) is 3.73. The van der Waals surface area contributed by atoms with Crippen molar-refractivity contribution in [1.82, 2.24) is 10.2 Å². The largest absolute Gasteiger partial charge is 0.334 e. The molecule has 0 unspecified atom stereocenters. The lowest BCUT2D eigenvalue weighted by Crippen LogP contribution is -2.41. The molecule has 18 heavy (non-hydrogen) atoms. The molecule has 1 heterocycles. The number of nitrogens with one attached hydrogen (secondary N) is 1. The number of rotatable bonds is 2. The van der Waals surface area contributed by atoms with Gasteiger partial charge in [0.1, 0.15) is 0 Å². The second-order valence-electron chi connectivity index (χ2n) is 4.59. The Morgan fingerprint density at radius 3 is 2.83 bits per heavy atom. The first kappa shape index (κ1) is 12.8. The third-order valence-electron chi connectivity index (χ3n) is 3.24. The van der Waals surface area contributed by atoms with Gasteiger partial charge in [-0.2, -0.15) is 0 Å². The Labute approximate surface area is 105 Å². The highest BCUT2D eigenvalue weighted by molar-refractivity contribution is 5.74. The third-order valence-corrected chi connectivity index (χ3v) is 3.24. The second-order valence-corrected chi connectivity index (χ2v) is 4.59. The van der Waals surface area contributed by atoms with Gasteiger partial charge in [-0.05, 0) is 37.5 Å². The summed E-state index contributed by atoms with van der Waals surface area (Å²) in [5.74, 6) is -1.77. The number of carbonyl (C=O) groups is 1. The van der Waals surface area contributed by atoms with Crippen LogP contribution in [-0.4, -0.2) is 23.5 Å². The summed E-state index contributed by atoms with van der Waals surface area (Å²) in [4.78, 5) is 13.6. The molecule has 0 saturated carbocycles. The molecule has 1 saturated heterocycles. The third kappa shape index (κ3) is 2.78. The van der Waals surface area contributed by atoms with E-state index in [4.69, 9.17) is 0 Å². The fourth-order valence-corrected chi connectivity index (χ4v) is 2.16. The molecule has 1 aliphatic heterocycles. The average Bonchev–Trinajstić information content (AvgIpc) is 2.77. The maximum atomic E-state index is 13.0. The fraction of sp³-hybridized carbons (Fsp3) is 0.462. The highest BCUT2D eigenvalue weighted by Gasteiger charge is 2.24. The zero-order chi connectivity index (χ0) is 13.1. The summed E-state index contributed by atoms with van der Waals surface area (Å²) in [5.41, 5.74) is 0.550. The Hall–Kier alpha value is -1.65. The van der Waals surface area contributed by atoms with Gasteiger partial charge in [-0.15, -0.1) is 0 Å². The van der Waals surface area contributed by atoms with E-state index in [0.717, 1.165) is 31.5 Å².